The molecule has 1 aromatic carbocycles. The molecule has 3 rings (SSSR count). The first-order valence-electron chi connectivity index (χ1n) is 7.68. The van der Waals surface area contributed by atoms with Crippen molar-refractivity contribution in [3.05, 3.63) is 35.3 Å². The number of methoxy groups -OCH3 is 1. The van der Waals surface area contributed by atoms with Gasteiger partial charge in [0.15, 0.2) is 0 Å². The number of H-pyrrole nitrogens is 1. The van der Waals surface area contributed by atoms with Crippen LogP contribution in [0.4, 0.5) is 4.39 Å². The Morgan fingerprint density at radius 3 is 3.10 bits per heavy atom. The van der Waals surface area contributed by atoms with Crippen molar-refractivity contribution >= 4 is 10.9 Å². The zero-order chi connectivity index (χ0) is 14.8. The zero-order valence-corrected chi connectivity index (χ0v) is 12.8. The molecule has 21 heavy (non-hydrogen) atoms. The lowest BCUT2D eigenvalue weighted by molar-refractivity contribution is 0.116. The van der Waals surface area contributed by atoms with Crippen LogP contribution in [-0.4, -0.2) is 42.7 Å². The van der Waals surface area contributed by atoms with E-state index in [1.807, 2.05) is 6.07 Å². The number of aromatic nitrogens is 1. The summed E-state index contributed by atoms with van der Waals surface area (Å²) in [5.41, 5.74) is 3.42. The Labute approximate surface area is 125 Å². The summed E-state index contributed by atoms with van der Waals surface area (Å²) in [6, 6.07) is 5.52. The van der Waals surface area contributed by atoms with E-state index in [2.05, 4.69) is 16.8 Å². The molecule has 0 unspecified atom stereocenters. The van der Waals surface area contributed by atoms with Gasteiger partial charge in [0.05, 0.1) is 6.61 Å². The zero-order valence-electron chi connectivity index (χ0n) is 12.8. The number of benzene rings is 1. The summed E-state index contributed by atoms with van der Waals surface area (Å²) in [5.74, 6) is -0.166. The molecule has 1 aliphatic heterocycles. The third-order valence-corrected chi connectivity index (χ3v) is 4.59. The Balaban J connectivity index is 1.76. The highest BCUT2D eigenvalue weighted by Crippen LogP contribution is 2.25. The molecule has 1 aromatic heterocycles. The standard InChI is InChI=1S/C17H23FN2O/c1-12-15(16-10-13(18)5-6-17(16)19-12)7-9-20-8-3-4-14(20)11-21-2/h5-6,10,14,19H,3-4,7-9,11H2,1-2H3/t14-/m0/s1. The van der Waals surface area contributed by atoms with Gasteiger partial charge in [-0.3, -0.25) is 4.90 Å². The lowest BCUT2D eigenvalue weighted by Crippen LogP contribution is -2.34. The lowest BCUT2D eigenvalue weighted by atomic mass is 10.1. The fraction of sp³-hybridized carbons (Fsp3) is 0.529. The van der Waals surface area contributed by atoms with Gasteiger partial charge in [-0.1, -0.05) is 0 Å². The first-order valence-corrected chi connectivity index (χ1v) is 7.68. The highest BCUT2D eigenvalue weighted by Gasteiger charge is 2.24. The van der Waals surface area contributed by atoms with Crippen molar-refractivity contribution in [2.24, 2.45) is 0 Å². The van der Waals surface area contributed by atoms with E-state index >= 15 is 0 Å². The number of aromatic amines is 1. The van der Waals surface area contributed by atoms with Gasteiger partial charge in [0.2, 0.25) is 0 Å². The smallest absolute Gasteiger partial charge is 0.123 e. The van der Waals surface area contributed by atoms with Gasteiger partial charge in [-0.2, -0.15) is 0 Å². The first kappa shape index (κ1) is 14.5. The molecule has 2 heterocycles. The summed E-state index contributed by atoms with van der Waals surface area (Å²) in [5, 5.41) is 1.02. The predicted molar refractivity (Wildman–Crippen MR) is 83.2 cm³/mol. The maximum atomic E-state index is 13.5. The van der Waals surface area contributed by atoms with Crippen LogP contribution in [0.5, 0.6) is 0 Å². The summed E-state index contributed by atoms with van der Waals surface area (Å²) in [6.45, 7) is 5.04. The third-order valence-electron chi connectivity index (χ3n) is 4.59. The normalized spacial score (nSPS) is 19.7. The number of hydrogen-bond donors (Lipinski definition) is 1. The van der Waals surface area contributed by atoms with Crippen molar-refractivity contribution in [1.29, 1.82) is 0 Å². The highest BCUT2D eigenvalue weighted by molar-refractivity contribution is 5.84. The van der Waals surface area contributed by atoms with Gasteiger partial charge >= 0.3 is 0 Å². The Morgan fingerprint density at radius 1 is 1.43 bits per heavy atom. The van der Waals surface area contributed by atoms with Crippen LogP contribution in [0, 0.1) is 12.7 Å². The number of nitrogens with one attached hydrogen (secondary N) is 1. The molecule has 1 fully saturated rings. The van der Waals surface area contributed by atoms with Crippen LogP contribution in [0.2, 0.25) is 0 Å². The highest BCUT2D eigenvalue weighted by atomic mass is 19.1. The summed E-state index contributed by atoms with van der Waals surface area (Å²) in [7, 11) is 1.77. The van der Waals surface area contributed by atoms with Crippen LogP contribution in [-0.2, 0) is 11.2 Å². The third kappa shape index (κ3) is 2.97. The van der Waals surface area contributed by atoms with E-state index in [0.717, 1.165) is 42.7 Å². The largest absolute Gasteiger partial charge is 0.383 e. The Hall–Kier alpha value is -1.39. The fourth-order valence-electron chi connectivity index (χ4n) is 3.50. The molecule has 2 aromatic rings. The monoisotopic (exact) mass is 290 g/mol. The van der Waals surface area contributed by atoms with E-state index < -0.39 is 0 Å². The van der Waals surface area contributed by atoms with E-state index in [1.165, 1.54) is 24.5 Å². The molecule has 1 atom stereocenters. The van der Waals surface area contributed by atoms with Gasteiger partial charge in [0.1, 0.15) is 5.82 Å². The SMILES string of the molecule is COC[C@@H]1CCCN1CCc1c(C)[nH]c2ccc(F)cc12. The van der Waals surface area contributed by atoms with E-state index in [4.69, 9.17) is 4.74 Å². The number of nitrogens with zero attached hydrogens (tertiary/aromatic N) is 1. The molecule has 0 bridgehead atoms. The van der Waals surface area contributed by atoms with Crippen LogP contribution < -0.4 is 0 Å². The number of rotatable bonds is 5. The lowest BCUT2D eigenvalue weighted by Gasteiger charge is -2.23. The summed E-state index contributed by atoms with van der Waals surface area (Å²) in [4.78, 5) is 5.86. The average molecular weight is 290 g/mol. The number of ether oxygens (including phenoxy) is 1. The van der Waals surface area contributed by atoms with Gasteiger partial charge in [-0.05, 0) is 56.5 Å². The molecule has 0 spiro atoms. The maximum absolute atomic E-state index is 13.5. The number of fused-ring (bicyclic) bond motifs is 1. The van der Waals surface area contributed by atoms with Gasteiger partial charge in [0.25, 0.3) is 0 Å². The van der Waals surface area contributed by atoms with Gasteiger partial charge in [-0.15, -0.1) is 0 Å². The maximum Gasteiger partial charge on any atom is 0.123 e. The molecule has 114 valence electrons. The molecule has 0 aliphatic carbocycles. The molecule has 1 aliphatic rings. The fourth-order valence-corrected chi connectivity index (χ4v) is 3.50. The first-order chi connectivity index (χ1) is 10.2. The van der Waals surface area contributed by atoms with E-state index in [1.54, 1.807) is 13.2 Å². The van der Waals surface area contributed by atoms with Gasteiger partial charge < -0.3 is 9.72 Å². The van der Waals surface area contributed by atoms with Crippen LogP contribution in [0.15, 0.2) is 18.2 Å². The average Bonchev–Trinajstić information content (AvgIpc) is 3.01. The van der Waals surface area contributed by atoms with Crippen LogP contribution in [0.1, 0.15) is 24.1 Å². The van der Waals surface area contributed by atoms with E-state index in [9.17, 15) is 4.39 Å². The molecular formula is C17H23FN2O. The van der Waals surface area contributed by atoms with E-state index in [-0.39, 0.29) is 5.82 Å². The van der Waals surface area contributed by atoms with Gasteiger partial charge in [0, 0.05) is 36.3 Å². The Kier molecular flexibility index (Phi) is 4.27. The second kappa shape index (κ2) is 6.16. The molecule has 1 N–H and O–H groups in total. The van der Waals surface area contributed by atoms with E-state index in [0.29, 0.717) is 6.04 Å². The van der Waals surface area contributed by atoms with Crippen molar-refractivity contribution in [3.63, 3.8) is 0 Å². The van der Waals surface area contributed by atoms with Crippen molar-refractivity contribution in [1.82, 2.24) is 9.88 Å². The quantitative estimate of drug-likeness (QED) is 0.915. The molecule has 4 heteroatoms. The minimum atomic E-state index is -0.166. The number of likely N-dealkylation sites (tertiary alicyclic amines) is 1. The van der Waals surface area contributed by atoms with Crippen molar-refractivity contribution in [3.8, 4) is 0 Å². The second-order valence-electron chi connectivity index (χ2n) is 5.96. The van der Waals surface area contributed by atoms with Gasteiger partial charge in [-0.25, -0.2) is 4.39 Å². The van der Waals surface area contributed by atoms with Crippen LogP contribution in [0.25, 0.3) is 10.9 Å². The summed E-state index contributed by atoms with van der Waals surface area (Å²) >= 11 is 0. The number of halogens is 1. The van der Waals surface area contributed by atoms with Crippen molar-refractivity contribution in [2.75, 3.05) is 26.8 Å². The Morgan fingerprint density at radius 2 is 2.29 bits per heavy atom. The predicted octanol–water partition coefficient (Wildman–Crippen LogP) is 3.27. The minimum absolute atomic E-state index is 0.166. The van der Waals surface area contributed by atoms with Crippen LogP contribution in [0.3, 0.4) is 0 Å². The van der Waals surface area contributed by atoms with Crippen molar-refractivity contribution in [2.45, 2.75) is 32.2 Å². The second-order valence-corrected chi connectivity index (χ2v) is 5.96. The van der Waals surface area contributed by atoms with Crippen LogP contribution >= 0.6 is 0 Å². The molecule has 0 radical (unpaired) electrons. The molecule has 0 saturated carbocycles. The molecule has 1 saturated heterocycles. The topological polar surface area (TPSA) is 28.3 Å². The van der Waals surface area contributed by atoms with Crippen molar-refractivity contribution < 1.29 is 9.13 Å². The summed E-state index contributed by atoms with van der Waals surface area (Å²) < 4.78 is 18.8. The number of aryl methyl sites for hydroxylation is 1. The minimum Gasteiger partial charge on any atom is -0.383 e. The molecule has 3 nitrogen and oxygen atoms in total. The molecular weight excluding hydrogens is 267 g/mol. The Bertz CT molecular complexity index is 623. The molecule has 0 amide bonds. The summed E-state index contributed by atoms with van der Waals surface area (Å²) in [6.07, 6.45) is 3.42. The number of hydrogen-bond acceptors (Lipinski definition) is 2.